The van der Waals surface area contributed by atoms with Crippen molar-refractivity contribution in [2.45, 2.75) is 0 Å². The minimum atomic E-state index is 0.490. The number of thiophene rings is 2. The summed E-state index contributed by atoms with van der Waals surface area (Å²) in [7, 11) is 0. The average molecular weight is 351 g/mol. The van der Waals surface area contributed by atoms with Crippen LogP contribution in [0.4, 0.5) is 5.69 Å². The molecular formula is C15H8Cl2N2S2. The lowest BCUT2D eigenvalue weighted by Crippen LogP contribution is -1.88. The summed E-state index contributed by atoms with van der Waals surface area (Å²) in [6.45, 7) is 0. The molecule has 0 saturated carbocycles. The highest BCUT2D eigenvalue weighted by Gasteiger charge is 2.21. The normalized spacial score (nSPS) is 10.5. The number of benzene rings is 1. The zero-order valence-corrected chi connectivity index (χ0v) is 13.7. The zero-order valence-electron chi connectivity index (χ0n) is 10.6. The predicted molar refractivity (Wildman–Crippen MR) is 92.2 cm³/mol. The molecule has 0 bridgehead atoms. The van der Waals surface area contributed by atoms with Crippen molar-refractivity contribution in [3.05, 3.63) is 50.6 Å². The quantitative estimate of drug-likeness (QED) is 0.624. The number of nitrogens with zero attached hydrogens (tertiary/aromatic N) is 1. The van der Waals surface area contributed by atoms with Gasteiger partial charge in [-0.05, 0) is 29.6 Å². The maximum Gasteiger partial charge on any atom is 0.129 e. The number of hydrogen-bond acceptors (Lipinski definition) is 4. The number of nitrogen functional groups attached to an aromatic ring is 1. The van der Waals surface area contributed by atoms with Crippen LogP contribution >= 0.6 is 45.9 Å². The highest BCUT2D eigenvalue weighted by atomic mass is 35.5. The van der Waals surface area contributed by atoms with Crippen LogP contribution in [-0.4, -0.2) is 0 Å². The first-order chi connectivity index (χ1) is 10.1. The summed E-state index contributed by atoms with van der Waals surface area (Å²) >= 11 is 15.3. The lowest BCUT2D eigenvalue weighted by Gasteiger charge is -2.06. The Morgan fingerprint density at radius 3 is 2.67 bits per heavy atom. The summed E-state index contributed by atoms with van der Waals surface area (Å²) in [6.07, 6.45) is 0. The molecule has 104 valence electrons. The number of halogens is 2. The van der Waals surface area contributed by atoms with Gasteiger partial charge in [-0.1, -0.05) is 29.3 Å². The second kappa shape index (κ2) is 5.70. The Morgan fingerprint density at radius 1 is 1.19 bits per heavy atom. The number of nitrogens with two attached hydrogens (primary N) is 1. The number of hydrogen-bond donors (Lipinski definition) is 1. The van der Waals surface area contributed by atoms with Gasteiger partial charge in [0.2, 0.25) is 0 Å². The van der Waals surface area contributed by atoms with Crippen molar-refractivity contribution in [3.63, 3.8) is 0 Å². The van der Waals surface area contributed by atoms with Gasteiger partial charge in [0.15, 0.2) is 0 Å². The first-order valence-electron chi connectivity index (χ1n) is 5.93. The van der Waals surface area contributed by atoms with E-state index in [4.69, 9.17) is 28.9 Å². The van der Waals surface area contributed by atoms with Gasteiger partial charge < -0.3 is 5.73 Å². The number of nitriles is 1. The Balaban J connectivity index is 2.33. The molecule has 2 N–H and O–H groups in total. The van der Waals surface area contributed by atoms with Gasteiger partial charge in [-0.3, -0.25) is 0 Å². The van der Waals surface area contributed by atoms with E-state index in [1.807, 2.05) is 17.5 Å². The van der Waals surface area contributed by atoms with Crippen molar-refractivity contribution in [3.8, 4) is 27.0 Å². The van der Waals surface area contributed by atoms with Crippen LogP contribution in [0.1, 0.15) is 4.88 Å². The smallest absolute Gasteiger partial charge is 0.129 e. The van der Waals surface area contributed by atoms with E-state index in [1.54, 1.807) is 29.5 Å². The van der Waals surface area contributed by atoms with Gasteiger partial charge in [0.25, 0.3) is 0 Å². The minimum absolute atomic E-state index is 0.490. The van der Waals surface area contributed by atoms with E-state index in [0.717, 1.165) is 20.9 Å². The molecule has 2 heterocycles. The molecule has 0 atom stereocenters. The van der Waals surface area contributed by atoms with Crippen LogP contribution in [0.25, 0.3) is 20.9 Å². The molecule has 0 unspecified atom stereocenters. The molecule has 3 aromatic rings. The molecule has 3 rings (SSSR count). The van der Waals surface area contributed by atoms with E-state index in [-0.39, 0.29) is 0 Å². The zero-order chi connectivity index (χ0) is 15.0. The van der Waals surface area contributed by atoms with Crippen molar-refractivity contribution in [1.29, 1.82) is 5.26 Å². The molecule has 0 spiro atoms. The van der Waals surface area contributed by atoms with Gasteiger partial charge >= 0.3 is 0 Å². The Bertz CT molecular complexity index is 845. The van der Waals surface area contributed by atoms with Crippen LogP contribution in [0.5, 0.6) is 0 Å². The van der Waals surface area contributed by atoms with Crippen LogP contribution < -0.4 is 5.73 Å². The summed E-state index contributed by atoms with van der Waals surface area (Å²) in [5, 5.41) is 12.4. The van der Waals surface area contributed by atoms with E-state index < -0.39 is 0 Å². The molecule has 21 heavy (non-hydrogen) atoms. The van der Waals surface area contributed by atoms with E-state index in [9.17, 15) is 5.26 Å². The fourth-order valence-electron chi connectivity index (χ4n) is 2.05. The standard InChI is InChI=1S/C15H8Cl2N2S2/c16-8-3-4-10(17)9(6-8)15-13(11-2-1-5-20-11)14(19)12(7-18)21-15/h1-6H,19H2. The first kappa shape index (κ1) is 14.4. The molecule has 1 aromatic carbocycles. The third-order valence-electron chi connectivity index (χ3n) is 2.99. The van der Waals surface area contributed by atoms with Crippen LogP contribution in [0.15, 0.2) is 35.7 Å². The first-order valence-corrected chi connectivity index (χ1v) is 8.38. The Kier molecular flexibility index (Phi) is 3.92. The molecule has 0 aliphatic rings. The summed E-state index contributed by atoms with van der Waals surface area (Å²) in [5.41, 5.74) is 8.30. The molecule has 0 aliphatic carbocycles. The van der Waals surface area contributed by atoms with Gasteiger partial charge in [-0.2, -0.15) is 5.26 Å². The molecule has 0 fully saturated rings. The maximum absolute atomic E-state index is 9.25. The van der Waals surface area contributed by atoms with Gasteiger partial charge in [0.05, 0.1) is 5.69 Å². The molecule has 0 amide bonds. The summed E-state index contributed by atoms with van der Waals surface area (Å²) < 4.78 is 0. The highest BCUT2D eigenvalue weighted by Crippen LogP contribution is 2.48. The summed E-state index contributed by atoms with van der Waals surface area (Å²) in [6, 6.07) is 11.4. The second-order valence-electron chi connectivity index (χ2n) is 4.26. The van der Waals surface area contributed by atoms with Crippen molar-refractivity contribution in [2.24, 2.45) is 0 Å². The number of anilines is 1. The largest absolute Gasteiger partial charge is 0.396 e. The summed E-state index contributed by atoms with van der Waals surface area (Å²) in [5.74, 6) is 0. The molecule has 2 nitrogen and oxygen atoms in total. The van der Waals surface area contributed by atoms with Crippen LogP contribution in [-0.2, 0) is 0 Å². The van der Waals surface area contributed by atoms with Gasteiger partial charge in [-0.25, -0.2) is 0 Å². The molecular weight excluding hydrogens is 343 g/mol. The maximum atomic E-state index is 9.25. The van der Waals surface area contributed by atoms with E-state index >= 15 is 0 Å². The van der Waals surface area contributed by atoms with Crippen molar-refractivity contribution >= 4 is 51.6 Å². The topological polar surface area (TPSA) is 49.8 Å². The molecule has 0 saturated heterocycles. The molecule has 0 aliphatic heterocycles. The second-order valence-corrected chi connectivity index (χ2v) is 7.07. The highest BCUT2D eigenvalue weighted by molar-refractivity contribution is 7.19. The lowest BCUT2D eigenvalue weighted by atomic mass is 10.1. The van der Waals surface area contributed by atoms with E-state index in [1.165, 1.54) is 11.3 Å². The van der Waals surface area contributed by atoms with Crippen molar-refractivity contribution in [2.75, 3.05) is 5.73 Å². The van der Waals surface area contributed by atoms with E-state index in [2.05, 4.69) is 6.07 Å². The monoisotopic (exact) mass is 350 g/mol. The Labute approximate surface area is 140 Å². The lowest BCUT2D eigenvalue weighted by molar-refractivity contribution is 1.52. The fraction of sp³-hybridized carbons (Fsp3) is 0. The van der Waals surface area contributed by atoms with Crippen molar-refractivity contribution in [1.82, 2.24) is 0 Å². The third kappa shape index (κ3) is 2.54. The molecule has 2 aromatic heterocycles. The minimum Gasteiger partial charge on any atom is -0.396 e. The third-order valence-corrected chi connectivity index (χ3v) is 5.58. The van der Waals surface area contributed by atoms with Gasteiger partial charge in [0, 0.05) is 30.9 Å². The van der Waals surface area contributed by atoms with E-state index in [0.29, 0.717) is 20.6 Å². The number of rotatable bonds is 2. The summed E-state index contributed by atoms with van der Waals surface area (Å²) in [4.78, 5) is 2.37. The fourth-order valence-corrected chi connectivity index (χ4v) is 4.41. The van der Waals surface area contributed by atoms with Gasteiger partial charge in [-0.15, -0.1) is 22.7 Å². The van der Waals surface area contributed by atoms with Crippen LogP contribution in [0.2, 0.25) is 10.0 Å². The SMILES string of the molecule is N#Cc1sc(-c2cc(Cl)ccc2Cl)c(-c2cccs2)c1N. The Hall–Kier alpha value is -1.51. The van der Waals surface area contributed by atoms with Crippen LogP contribution in [0, 0.1) is 11.3 Å². The molecule has 6 heteroatoms. The van der Waals surface area contributed by atoms with Gasteiger partial charge in [0.1, 0.15) is 10.9 Å². The van der Waals surface area contributed by atoms with Crippen LogP contribution in [0.3, 0.4) is 0 Å². The predicted octanol–water partition coefficient (Wildman–Crippen LogP) is 5.90. The Morgan fingerprint density at radius 2 is 2.00 bits per heavy atom. The molecule has 0 radical (unpaired) electrons. The average Bonchev–Trinajstić information content (AvgIpc) is 3.08. The van der Waals surface area contributed by atoms with Crippen molar-refractivity contribution < 1.29 is 0 Å².